The molecule has 1 unspecified atom stereocenters. The minimum atomic E-state index is -4.52. The number of hydrogen-bond donors (Lipinski definition) is 2. The highest BCUT2D eigenvalue weighted by molar-refractivity contribution is 5.92. The Morgan fingerprint density at radius 3 is 2.52 bits per heavy atom. The number of carbonyl (C=O) groups excluding carboxylic acids is 1. The van der Waals surface area contributed by atoms with Gasteiger partial charge in [-0.15, -0.1) is 0 Å². The second kappa shape index (κ2) is 7.02. The minimum Gasteiger partial charge on any atom is -0.481 e. The van der Waals surface area contributed by atoms with Crippen LogP contribution in [0.25, 0.3) is 0 Å². The summed E-state index contributed by atoms with van der Waals surface area (Å²) in [6.45, 7) is -0.0929. The monoisotopic (exact) mass is 306 g/mol. The molecule has 1 amide bonds. The molecule has 0 saturated heterocycles. The van der Waals surface area contributed by atoms with E-state index in [0.717, 1.165) is 12.1 Å². The Balaban J connectivity index is 2.61. The molecule has 1 rings (SSSR count). The second-order valence-corrected chi connectivity index (χ2v) is 4.10. The SMILES string of the molecule is COC(CNC(=O)c1ccc(C(F)(F)F)cn1)CC(=O)O. The van der Waals surface area contributed by atoms with Crippen LogP contribution in [0.2, 0.25) is 0 Å². The number of nitrogens with zero attached hydrogens (tertiary/aromatic N) is 1. The average Bonchev–Trinajstić information content (AvgIpc) is 2.41. The first kappa shape index (κ1) is 16.9. The topological polar surface area (TPSA) is 88.5 Å². The van der Waals surface area contributed by atoms with Crippen LogP contribution >= 0.6 is 0 Å². The van der Waals surface area contributed by atoms with E-state index in [-0.39, 0.29) is 18.7 Å². The van der Waals surface area contributed by atoms with Gasteiger partial charge in [0, 0.05) is 19.9 Å². The van der Waals surface area contributed by atoms with E-state index < -0.39 is 29.7 Å². The van der Waals surface area contributed by atoms with E-state index in [9.17, 15) is 22.8 Å². The highest BCUT2D eigenvalue weighted by atomic mass is 19.4. The van der Waals surface area contributed by atoms with Crippen LogP contribution in [0, 0.1) is 0 Å². The summed E-state index contributed by atoms with van der Waals surface area (Å²) in [4.78, 5) is 25.6. The third kappa shape index (κ3) is 5.38. The largest absolute Gasteiger partial charge is 0.481 e. The maximum absolute atomic E-state index is 12.3. The molecule has 2 N–H and O–H groups in total. The summed E-state index contributed by atoms with van der Waals surface area (Å²) in [6, 6.07) is 1.68. The number of ether oxygens (including phenoxy) is 1. The average molecular weight is 306 g/mol. The molecule has 0 aliphatic carbocycles. The number of carboxylic acid groups (broad SMARTS) is 1. The summed E-state index contributed by atoms with van der Waals surface area (Å²) in [5.74, 6) is -1.81. The van der Waals surface area contributed by atoms with Crippen LogP contribution in [0.4, 0.5) is 13.2 Å². The standard InChI is InChI=1S/C12H13F3N2O4/c1-21-8(4-10(18)19)6-17-11(20)9-3-2-7(5-16-9)12(13,14)15/h2-3,5,8H,4,6H2,1H3,(H,17,20)(H,18,19). The van der Waals surface area contributed by atoms with Gasteiger partial charge in [0.2, 0.25) is 0 Å². The lowest BCUT2D eigenvalue weighted by atomic mass is 10.2. The lowest BCUT2D eigenvalue weighted by Gasteiger charge is -2.13. The van der Waals surface area contributed by atoms with Gasteiger partial charge in [0.05, 0.1) is 18.1 Å². The van der Waals surface area contributed by atoms with Crippen molar-refractivity contribution in [1.82, 2.24) is 10.3 Å². The van der Waals surface area contributed by atoms with Crippen molar-refractivity contribution in [3.05, 3.63) is 29.6 Å². The molecular formula is C12H13F3N2O4. The number of aromatic nitrogens is 1. The third-order valence-corrected chi connectivity index (χ3v) is 2.55. The molecule has 0 saturated carbocycles. The van der Waals surface area contributed by atoms with E-state index in [1.807, 2.05) is 0 Å². The van der Waals surface area contributed by atoms with E-state index >= 15 is 0 Å². The Morgan fingerprint density at radius 2 is 2.10 bits per heavy atom. The number of aliphatic carboxylic acids is 1. The highest BCUT2D eigenvalue weighted by Gasteiger charge is 2.30. The lowest BCUT2D eigenvalue weighted by molar-refractivity contribution is -0.140. The quantitative estimate of drug-likeness (QED) is 0.827. The number of nitrogens with one attached hydrogen (secondary N) is 1. The molecule has 1 atom stereocenters. The number of carboxylic acids is 1. The first-order valence-electron chi connectivity index (χ1n) is 5.80. The van der Waals surface area contributed by atoms with Crippen molar-refractivity contribution in [3.8, 4) is 0 Å². The molecule has 21 heavy (non-hydrogen) atoms. The summed E-state index contributed by atoms with van der Waals surface area (Å²) in [5, 5.41) is 10.9. The normalized spacial score (nSPS) is 12.8. The number of amides is 1. The third-order valence-electron chi connectivity index (χ3n) is 2.55. The number of hydrogen-bond acceptors (Lipinski definition) is 4. The van der Waals surface area contributed by atoms with Gasteiger partial charge in [-0.3, -0.25) is 14.6 Å². The molecule has 1 aromatic heterocycles. The van der Waals surface area contributed by atoms with E-state index in [1.165, 1.54) is 7.11 Å². The Morgan fingerprint density at radius 1 is 1.43 bits per heavy atom. The number of pyridine rings is 1. The maximum atomic E-state index is 12.3. The Bertz CT molecular complexity index is 502. The van der Waals surface area contributed by atoms with Crippen molar-refractivity contribution < 1.29 is 32.6 Å². The van der Waals surface area contributed by atoms with Crippen molar-refractivity contribution in [3.63, 3.8) is 0 Å². The predicted molar refractivity (Wildman–Crippen MR) is 64.6 cm³/mol. The summed E-state index contributed by atoms with van der Waals surface area (Å²) in [6.07, 6.45) is -5.01. The molecule has 1 aromatic rings. The van der Waals surface area contributed by atoms with E-state index in [2.05, 4.69) is 10.3 Å². The zero-order valence-electron chi connectivity index (χ0n) is 11.0. The lowest BCUT2D eigenvalue weighted by Crippen LogP contribution is -2.34. The Hall–Kier alpha value is -2.16. The fourth-order valence-corrected chi connectivity index (χ4v) is 1.43. The van der Waals surface area contributed by atoms with Gasteiger partial charge >= 0.3 is 12.1 Å². The van der Waals surface area contributed by atoms with Gasteiger partial charge < -0.3 is 15.2 Å². The molecule has 1 heterocycles. The van der Waals surface area contributed by atoms with Gasteiger partial charge in [0.1, 0.15) is 5.69 Å². The van der Waals surface area contributed by atoms with Crippen molar-refractivity contribution >= 4 is 11.9 Å². The number of rotatable bonds is 6. The molecule has 6 nitrogen and oxygen atoms in total. The minimum absolute atomic E-state index is 0.0929. The van der Waals surface area contributed by atoms with Crippen LogP contribution in [-0.2, 0) is 15.7 Å². The van der Waals surface area contributed by atoms with Crippen LogP contribution < -0.4 is 5.32 Å². The van der Waals surface area contributed by atoms with Crippen LogP contribution in [-0.4, -0.2) is 41.7 Å². The van der Waals surface area contributed by atoms with E-state index in [1.54, 1.807) is 0 Å². The van der Waals surface area contributed by atoms with Gasteiger partial charge in [-0.1, -0.05) is 0 Å². The first-order valence-corrected chi connectivity index (χ1v) is 5.80. The summed E-state index contributed by atoms with van der Waals surface area (Å²) in [5.41, 5.74) is -1.16. The van der Waals surface area contributed by atoms with Gasteiger partial charge in [0.15, 0.2) is 0 Å². The second-order valence-electron chi connectivity index (χ2n) is 4.10. The molecule has 116 valence electrons. The van der Waals surface area contributed by atoms with E-state index in [4.69, 9.17) is 9.84 Å². The number of halogens is 3. The number of carbonyl (C=O) groups is 2. The molecule has 0 fully saturated rings. The molecule has 0 radical (unpaired) electrons. The summed E-state index contributed by atoms with van der Waals surface area (Å²) < 4.78 is 41.8. The van der Waals surface area contributed by atoms with E-state index in [0.29, 0.717) is 6.20 Å². The number of alkyl halides is 3. The first-order chi connectivity index (χ1) is 9.74. The molecule has 9 heteroatoms. The fourth-order valence-electron chi connectivity index (χ4n) is 1.43. The van der Waals surface area contributed by atoms with Crippen LogP contribution in [0.3, 0.4) is 0 Å². The van der Waals surface area contributed by atoms with Gasteiger partial charge in [-0.05, 0) is 12.1 Å². The Labute approximate surface area is 117 Å². The molecule has 0 aromatic carbocycles. The van der Waals surface area contributed by atoms with Crippen molar-refractivity contribution in [2.75, 3.05) is 13.7 Å². The van der Waals surface area contributed by atoms with Gasteiger partial charge in [-0.25, -0.2) is 0 Å². The number of methoxy groups -OCH3 is 1. The predicted octanol–water partition coefficient (Wildman–Crippen LogP) is 1.32. The van der Waals surface area contributed by atoms with Crippen LogP contribution in [0.1, 0.15) is 22.5 Å². The van der Waals surface area contributed by atoms with Crippen LogP contribution in [0.5, 0.6) is 0 Å². The zero-order chi connectivity index (χ0) is 16.0. The molecule has 0 spiro atoms. The Kier molecular flexibility index (Phi) is 5.65. The van der Waals surface area contributed by atoms with Crippen molar-refractivity contribution in [1.29, 1.82) is 0 Å². The molecule has 0 bridgehead atoms. The molecular weight excluding hydrogens is 293 g/mol. The van der Waals surface area contributed by atoms with Crippen molar-refractivity contribution in [2.45, 2.75) is 18.7 Å². The summed E-state index contributed by atoms with van der Waals surface area (Å²) >= 11 is 0. The smallest absolute Gasteiger partial charge is 0.417 e. The molecule has 0 aliphatic rings. The fraction of sp³-hybridized carbons (Fsp3) is 0.417. The highest BCUT2D eigenvalue weighted by Crippen LogP contribution is 2.28. The van der Waals surface area contributed by atoms with Crippen molar-refractivity contribution in [2.24, 2.45) is 0 Å². The summed E-state index contributed by atoms with van der Waals surface area (Å²) in [7, 11) is 1.29. The van der Waals surface area contributed by atoms with Crippen LogP contribution in [0.15, 0.2) is 18.3 Å². The maximum Gasteiger partial charge on any atom is 0.417 e. The zero-order valence-corrected chi connectivity index (χ0v) is 11.0. The van der Waals surface area contributed by atoms with Gasteiger partial charge in [0.25, 0.3) is 5.91 Å². The molecule has 0 aliphatic heterocycles. The van der Waals surface area contributed by atoms with Gasteiger partial charge in [-0.2, -0.15) is 13.2 Å².